The molecule has 1 aromatic carbocycles. The van der Waals surface area contributed by atoms with Gasteiger partial charge in [0, 0.05) is 11.8 Å². The van der Waals surface area contributed by atoms with Crippen molar-refractivity contribution in [1.82, 2.24) is 5.32 Å². The van der Waals surface area contributed by atoms with E-state index in [9.17, 15) is 4.79 Å². The van der Waals surface area contributed by atoms with Gasteiger partial charge < -0.3 is 5.32 Å². The Morgan fingerprint density at radius 2 is 1.94 bits per heavy atom. The van der Waals surface area contributed by atoms with Gasteiger partial charge in [-0.05, 0) is 30.5 Å². The van der Waals surface area contributed by atoms with Crippen LogP contribution >= 0.6 is 0 Å². The molecule has 1 N–H and O–H groups in total. The molecule has 0 aromatic heterocycles. The molecular weight excluding hydrogens is 210 g/mol. The number of hydrogen-bond acceptors (Lipinski definition) is 1. The molecule has 17 heavy (non-hydrogen) atoms. The molecular formula is C15H19NO. The summed E-state index contributed by atoms with van der Waals surface area (Å²) in [5.74, 6) is -0.0681. The second-order valence-electron chi connectivity index (χ2n) is 3.72. The molecule has 0 saturated heterocycles. The highest BCUT2D eigenvalue weighted by Crippen LogP contribution is 2.03. The van der Waals surface area contributed by atoms with E-state index in [-0.39, 0.29) is 5.91 Å². The van der Waals surface area contributed by atoms with Crippen LogP contribution in [0.3, 0.4) is 0 Å². The van der Waals surface area contributed by atoms with Gasteiger partial charge in [-0.2, -0.15) is 0 Å². The molecule has 1 amide bonds. The van der Waals surface area contributed by atoms with E-state index in [2.05, 4.69) is 25.2 Å². The lowest BCUT2D eigenvalue weighted by molar-refractivity contribution is 0.0970. The zero-order chi connectivity index (χ0) is 12.5. The number of nitrogens with one attached hydrogen (secondary N) is 1. The van der Waals surface area contributed by atoms with Crippen LogP contribution in [0.4, 0.5) is 0 Å². The fourth-order valence-electron chi connectivity index (χ4n) is 1.37. The third-order valence-corrected chi connectivity index (χ3v) is 2.40. The first-order valence-corrected chi connectivity index (χ1v) is 5.99. The standard InChI is InChI=1S/C15H19NO/c1-3-5-9-13(4-2)12-16-15(17)14-10-7-6-8-11-14/h5-12H,3-4H2,1-2H3,(H,16,17)/b9-5+,13-12-. The maximum absolute atomic E-state index is 11.8. The van der Waals surface area contributed by atoms with Crippen molar-refractivity contribution in [2.75, 3.05) is 0 Å². The summed E-state index contributed by atoms with van der Waals surface area (Å²) in [7, 11) is 0. The van der Waals surface area contributed by atoms with Crippen LogP contribution in [0.2, 0.25) is 0 Å². The Bertz CT molecular complexity index is 404. The van der Waals surface area contributed by atoms with E-state index in [1.807, 2.05) is 24.3 Å². The Balaban J connectivity index is 2.63. The molecule has 2 heteroatoms. The number of amides is 1. The summed E-state index contributed by atoms with van der Waals surface area (Å²) in [5.41, 5.74) is 1.80. The van der Waals surface area contributed by atoms with Crippen LogP contribution in [-0.4, -0.2) is 5.91 Å². The average molecular weight is 229 g/mol. The highest BCUT2D eigenvalue weighted by atomic mass is 16.1. The minimum Gasteiger partial charge on any atom is -0.328 e. The first-order valence-electron chi connectivity index (χ1n) is 5.99. The summed E-state index contributed by atoms with van der Waals surface area (Å²) in [5, 5.41) is 2.81. The molecule has 0 saturated carbocycles. The van der Waals surface area contributed by atoms with E-state index in [4.69, 9.17) is 0 Å². The highest BCUT2D eigenvalue weighted by molar-refractivity contribution is 5.94. The molecule has 0 atom stereocenters. The molecule has 0 heterocycles. The largest absolute Gasteiger partial charge is 0.328 e. The van der Waals surface area contributed by atoms with Gasteiger partial charge in [0.1, 0.15) is 0 Å². The van der Waals surface area contributed by atoms with E-state index in [1.165, 1.54) is 0 Å². The van der Waals surface area contributed by atoms with E-state index in [0.717, 1.165) is 18.4 Å². The molecule has 1 aromatic rings. The van der Waals surface area contributed by atoms with Crippen molar-refractivity contribution >= 4 is 5.91 Å². The van der Waals surface area contributed by atoms with Gasteiger partial charge in [-0.3, -0.25) is 4.79 Å². The summed E-state index contributed by atoms with van der Waals surface area (Å²) in [6.07, 6.45) is 7.83. The van der Waals surface area contributed by atoms with Gasteiger partial charge in [0.2, 0.25) is 0 Å². The van der Waals surface area contributed by atoms with Crippen LogP contribution in [0.5, 0.6) is 0 Å². The van der Waals surface area contributed by atoms with E-state index < -0.39 is 0 Å². The van der Waals surface area contributed by atoms with Crippen molar-refractivity contribution in [1.29, 1.82) is 0 Å². The van der Waals surface area contributed by atoms with Crippen molar-refractivity contribution < 1.29 is 4.79 Å². The SMILES string of the molecule is CC/C=C/C(=C\NC(=O)c1ccccc1)CC. The first kappa shape index (κ1) is 13.2. The molecule has 0 aliphatic rings. The number of benzene rings is 1. The maximum Gasteiger partial charge on any atom is 0.255 e. The fraction of sp³-hybridized carbons (Fsp3) is 0.267. The third kappa shape index (κ3) is 4.68. The zero-order valence-corrected chi connectivity index (χ0v) is 10.4. The van der Waals surface area contributed by atoms with E-state index in [0.29, 0.717) is 5.56 Å². The minimum absolute atomic E-state index is 0.0681. The second kappa shape index (κ2) is 7.44. The normalized spacial score (nSPS) is 11.8. The first-order chi connectivity index (χ1) is 8.27. The van der Waals surface area contributed by atoms with Crippen LogP contribution in [0.1, 0.15) is 37.0 Å². The molecule has 0 unspecified atom stereocenters. The van der Waals surface area contributed by atoms with Crippen LogP contribution in [0, 0.1) is 0 Å². The predicted molar refractivity (Wildman–Crippen MR) is 71.7 cm³/mol. The van der Waals surface area contributed by atoms with Gasteiger partial charge in [0.25, 0.3) is 5.91 Å². The molecule has 0 aliphatic carbocycles. The second-order valence-corrected chi connectivity index (χ2v) is 3.72. The number of carbonyl (C=O) groups is 1. The lowest BCUT2D eigenvalue weighted by Gasteiger charge is -2.02. The predicted octanol–water partition coefficient (Wildman–Crippen LogP) is 3.68. The Kier molecular flexibility index (Phi) is 5.80. The number of carbonyl (C=O) groups excluding carboxylic acids is 1. The molecule has 90 valence electrons. The van der Waals surface area contributed by atoms with Crippen molar-refractivity contribution in [3.05, 3.63) is 59.8 Å². The van der Waals surface area contributed by atoms with Gasteiger partial charge >= 0.3 is 0 Å². The Morgan fingerprint density at radius 3 is 2.53 bits per heavy atom. The van der Waals surface area contributed by atoms with Gasteiger partial charge in [0.05, 0.1) is 0 Å². The molecule has 0 spiro atoms. The number of hydrogen-bond donors (Lipinski definition) is 1. The van der Waals surface area contributed by atoms with Crippen molar-refractivity contribution in [3.8, 4) is 0 Å². The maximum atomic E-state index is 11.8. The van der Waals surface area contributed by atoms with Gasteiger partial charge in [-0.15, -0.1) is 0 Å². The third-order valence-electron chi connectivity index (χ3n) is 2.40. The molecule has 0 bridgehead atoms. The Hall–Kier alpha value is -1.83. The topological polar surface area (TPSA) is 29.1 Å². The van der Waals surface area contributed by atoms with Crippen LogP contribution in [0.15, 0.2) is 54.3 Å². The number of rotatable bonds is 5. The van der Waals surface area contributed by atoms with Gasteiger partial charge in [0.15, 0.2) is 0 Å². The summed E-state index contributed by atoms with van der Waals surface area (Å²) in [6, 6.07) is 9.22. The van der Waals surface area contributed by atoms with E-state index in [1.54, 1.807) is 18.3 Å². The van der Waals surface area contributed by atoms with Crippen molar-refractivity contribution in [2.24, 2.45) is 0 Å². The molecule has 0 fully saturated rings. The van der Waals surface area contributed by atoms with Crippen LogP contribution in [0.25, 0.3) is 0 Å². The number of allylic oxidation sites excluding steroid dienone is 3. The summed E-state index contributed by atoms with van der Waals surface area (Å²) in [4.78, 5) is 11.8. The smallest absolute Gasteiger partial charge is 0.255 e. The Morgan fingerprint density at radius 1 is 1.24 bits per heavy atom. The summed E-state index contributed by atoms with van der Waals surface area (Å²) < 4.78 is 0. The summed E-state index contributed by atoms with van der Waals surface area (Å²) in [6.45, 7) is 4.16. The molecule has 0 radical (unpaired) electrons. The lowest BCUT2D eigenvalue weighted by atomic mass is 10.2. The molecule has 0 aliphatic heterocycles. The van der Waals surface area contributed by atoms with Gasteiger partial charge in [-0.1, -0.05) is 44.2 Å². The molecule has 1 rings (SSSR count). The summed E-state index contributed by atoms with van der Waals surface area (Å²) >= 11 is 0. The average Bonchev–Trinajstić information content (AvgIpc) is 2.39. The highest BCUT2D eigenvalue weighted by Gasteiger charge is 2.01. The zero-order valence-electron chi connectivity index (χ0n) is 10.4. The van der Waals surface area contributed by atoms with Crippen LogP contribution < -0.4 is 5.32 Å². The Labute approximate surface area is 103 Å². The quantitative estimate of drug-likeness (QED) is 0.767. The van der Waals surface area contributed by atoms with E-state index >= 15 is 0 Å². The fourth-order valence-corrected chi connectivity index (χ4v) is 1.37. The van der Waals surface area contributed by atoms with Crippen LogP contribution in [-0.2, 0) is 0 Å². The van der Waals surface area contributed by atoms with Crippen molar-refractivity contribution in [2.45, 2.75) is 26.7 Å². The lowest BCUT2D eigenvalue weighted by Crippen LogP contribution is -2.17. The molecule has 2 nitrogen and oxygen atoms in total. The minimum atomic E-state index is -0.0681. The monoisotopic (exact) mass is 229 g/mol. The van der Waals surface area contributed by atoms with Crippen molar-refractivity contribution in [3.63, 3.8) is 0 Å². The van der Waals surface area contributed by atoms with Gasteiger partial charge in [-0.25, -0.2) is 0 Å².